The Morgan fingerprint density at radius 2 is 1.76 bits per heavy atom. The number of hydrogen-bond acceptors (Lipinski definition) is 4. The molecule has 2 heterocycles. The summed E-state index contributed by atoms with van der Waals surface area (Å²) >= 11 is 0. The first-order valence-electron chi connectivity index (χ1n) is 9.64. The highest BCUT2D eigenvalue weighted by Gasteiger charge is 2.26. The number of carbonyl (C=O) groups is 2. The molecular formula is C22H22N4O3. The maximum atomic E-state index is 13.2. The first kappa shape index (κ1) is 18.9. The number of likely N-dealkylation sites (tertiary alicyclic amines) is 1. The number of carbonyl (C=O) groups excluding carboxylic acids is 2. The molecule has 7 nitrogen and oxygen atoms in total. The largest absolute Gasteiger partial charge is 0.342 e. The number of nitrogens with one attached hydrogen (secondary N) is 1. The van der Waals surface area contributed by atoms with Crippen molar-refractivity contribution in [2.24, 2.45) is 7.05 Å². The van der Waals surface area contributed by atoms with Gasteiger partial charge in [-0.1, -0.05) is 48.5 Å². The zero-order valence-electron chi connectivity index (χ0n) is 16.2. The lowest BCUT2D eigenvalue weighted by Crippen LogP contribution is -2.39. The van der Waals surface area contributed by atoms with Gasteiger partial charge in [0, 0.05) is 31.9 Å². The predicted molar refractivity (Wildman–Crippen MR) is 109 cm³/mol. The molecule has 1 fully saturated rings. The molecule has 1 N–H and O–H groups in total. The molecule has 0 spiro atoms. The van der Waals surface area contributed by atoms with Crippen LogP contribution in [0.1, 0.15) is 34.9 Å². The Bertz CT molecular complexity index is 1120. The van der Waals surface area contributed by atoms with Gasteiger partial charge < -0.3 is 10.2 Å². The third-order valence-corrected chi connectivity index (χ3v) is 5.25. The maximum absolute atomic E-state index is 13.2. The molecule has 1 aliphatic rings. The second kappa shape index (κ2) is 7.87. The Hall–Kier alpha value is -3.48. The molecule has 1 aliphatic heterocycles. The molecule has 7 heteroatoms. The average Bonchev–Trinajstić information content (AvgIpc) is 3.15. The minimum Gasteiger partial charge on any atom is -0.342 e. The summed E-state index contributed by atoms with van der Waals surface area (Å²) in [5.74, 6) is -0.275. The first-order chi connectivity index (χ1) is 14.0. The lowest BCUT2D eigenvalue weighted by molar-refractivity contribution is -0.128. The van der Waals surface area contributed by atoms with E-state index in [2.05, 4.69) is 10.4 Å². The third-order valence-electron chi connectivity index (χ3n) is 5.25. The zero-order valence-corrected chi connectivity index (χ0v) is 16.2. The lowest BCUT2D eigenvalue weighted by Gasteiger charge is -2.25. The topological polar surface area (TPSA) is 84.3 Å². The molecule has 3 aromatic rings. The summed E-state index contributed by atoms with van der Waals surface area (Å²) in [7, 11) is 1.53. The van der Waals surface area contributed by atoms with E-state index in [9.17, 15) is 14.4 Å². The van der Waals surface area contributed by atoms with Crippen LogP contribution in [0, 0.1) is 0 Å². The van der Waals surface area contributed by atoms with Gasteiger partial charge >= 0.3 is 0 Å². The van der Waals surface area contributed by atoms with Gasteiger partial charge in [-0.25, -0.2) is 4.68 Å². The highest BCUT2D eigenvalue weighted by Crippen LogP contribution is 2.20. The van der Waals surface area contributed by atoms with Crippen LogP contribution in [0.25, 0.3) is 10.8 Å². The van der Waals surface area contributed by atoms with E-state index in [1.165, 1.54) is 11.7 Å². The van der Waals surface area contributed by atoms with Crippen LogP contribution in [0.3, 0.4) is 0 Å². The smallest absolute Gasteiger partial charge is 0.274 e. The predicted octanol–water partition coefficient (Wildman–Crippen LogP) is 2.03. The Morgan fingerprint density at radius 3 is 2.45 bits per heavy atom. The molecule has 148 valence electrons. The number of hydrogen-bond donors (Lipinski definition) is 1. The van der Waals surface area contributed by atoms with E-state index in [0.29, 0.717) is 30.3 Å². The van der Waals surface area contributed by atoms with Crippen molar-refractivity contribution in [2.75, 3.05) is 13.1 Å². The molecule has 29 heavy (non-hydrogen) atoms. The van der Waals surface area contributed by atoms with Gasteiger partial charge in [-0.2, -0.15) is 5.10 Å². The lowest BCUT2D eigenvalue weighted by atomic mass is 10.1. The fourth-order valence-corrected chi connectivity index (χ4v) is 3.73. The van der Waals surface area contributed by atoms with Gasteiger partial charge in [0.15, 0.2) is 5.69 Å². The van der Waals surface area contributed by atoms with Gasteiger partial charge in [0.2, 0.25) is 5.91 Å². The number of fused-ring (bicyclic) bond motifs is 1. The fraction of sp³-hybridized carbons (Fsp3) is 0.273. The normalized spacial score (nSPS) is 14.9. The average molecular weight is 390 g/mol. The van der Waals surface area contributed by atoms with Crippen LogP contribution >= 0.6 is 0 Å². The van der Waals surface area contributed by atoms with Crippen molar-refractivity contribution in [2.45, 2.75) is 18.9 Å². The molecule has 2 amide bonds. The van der Waals surface area contributed by atoms with E-state index in [1.54, 1.807) is 29.2 Å². The molecule has 1 unspecified atom stereocenters. The first-order valence-corrected chi connectivity index (χ1v) is 9.64. The Morgan fingerprint density at radius 1 is 1.07 bits per heavy atom. The molecule has 0 saturated carbocycles. The zero-order chi connectivity index (χ0) is 20.4. The minimum atomic E-state index is -0.378. The minimum absolute atomic E-state index is 0.103. The quantitative estimate of drug-likeness (QED) is 0.722. The van der Waals surface area contributed by atoms with Gasteiger partial charge in [-0.05, 0) is 18.1 Å². The van der Waals surface area contributed by atoms with Crippen molar-refractivity contribution in [3.05, 3.63) is 76.2 Å². The molecule has 4 rings (SSSR count). The van der Waals surface area contributed by atoms with E-state index in [0.717, 1.165) is 12.0 Å². The Balaban J connectivity index is 1.68. The van der Waals surface area contributed by atoms with Crippen LogP contribution in [0.2, 0.25) is 0 Å². The van der Waals surface area contributed by atoms with Gasteiger partial charge in [-0.15, -0.1) is 0 Å². The van der Waals surface area contributed by atoms with E-state index >= 15 is 0 Å². The Kier molecular flexibility index (Phi) is 5.12. The molecule has 2 aromatic carbocycles. The second-order valence-corrected chi connectivity index (χ2v) is 7.20. The highest BCUT2D eigenvalue weighted by molar-refractivity contribution is 6.04. The van der Waals surface area contributed by atoms with Crippen LogP contribution in [-0.2, 0) is 11.8 Å². The van der Waals surface area contributed by atoms with Crippen LogP contribution < -0.4 is 10.9 Å². The number of nitrogens with zero attached hydrogens (tertiary/aromatic N) is 3. The van der Waals surface area contributed by atoms with Crippen molar-refractivity contribution < 1.29 is 9.59 Å². The van der Waals surface area contributed by atoms with Crippen LogP contribution in [0.4, 0.5) is 0 Å². The monoisotopic (exact) mass is 390 g/mol. The highest BCUT2D eigenvalue weighted by atomic mass is 16.2. The summed E-state index contributed by atoms with van der Waals surface area (Å²) in [6.45, 7) is 1.09. The maximum Gasteiger partial charge on any atom is 0.274 e. The van der Waals surface area contributed by atoms with Crippen LogP contribution in [0.15, 0.2) is 59.4 Å². The molecule has 0 aliphatic carbocycles. The van der Waals surface area contributed by atoms with Crippen molar-refractivity contribution in [3.8, 4) is 0 Å². The van der Waals surface area contributed by atoms with E-state index in [-0.39, 0.29) is 29.1 Å². The summed E-state index contributed by atoms with van der Waals surface area (Å²) in [5, 5.41) is 8.19. The summed E-state index contributed by atoms with van der Waals surface area (Å²) in [4.78, 5) is 39.4. The van der Waals surface area contributed by atoms with Crippen LogP contribution in [-0.4, -0.2) is 39.6 Å². The summed E-state index contributed by atoms with van der Waals surface area (Å²) in [6.07, 6.45) is 1.38. The van der Waals surface area contributed by atoms with Crippen molar-refractivity contribution >= 4 is 22.6 Å². The molecular weight excluding hydrogens is 368 g/mol. The number of aromatic nitrogens is 2. The van der Waals surface area contributed by atoms with E-state index in [4.69, 9.17) is 0 Å². The number of aryl methyl sites for hydroxylation is 1. The number of amides is 2. The standard InChI is InChI=1S/C22H22N4O3/c1-25-22(29)17-11-6-5-10-16(17)20(24-25)21(28)23-18(15-8-3-2-4-9-15)14-26-13-7-12-19(26)27/h2-6,8-11,18H,7,12-14H2,1H3,(H,23,28). The van der Waals surface area contributed by atoms with Gasteiger partial charge in [0.25, 0.3) is 11.5 Å². The molecule has 1 aromatic heterocycles. The van der Waals surface area contributed by atoms with E-state index in [1.807, 2.05) is 30.3 Å². The van der Waals surface area contributed by atoms with Gasteiger partial charge in [0.1, 0.15) is 0 Å². The third kappa shape index (κ3) is 3.76. The molecule has 1 atom stereocenters. The SMILES string of the molecule is Cn1nc(C(=O)NC(CN2CCCC2=O)c2ccccc2)c2ccccc2c1=O. The van der Waals surface area contributed by atoms with Crippen molar-refractivity contribution in [1.29, 1.82) is 0 Å². The van der Waals surface area contributed by atoms with Crippen molar-refractivity contribution in [3.63, 3.8) is 0 Å². The van der Waals surface area contributed by atoms with Crippen molar-refractivity contribution in [1.82, 2.24) is 20.0 Å². The van der Waals surface area contributed by atoms with Gasteiger partial charge in [-0.3, -0.25) is 14.4 Å². The fourth-order valence-electron chi connectivity index (χ4n) is 3.73. The molecule has 1 saturated heterocycles. The van der Waals surface area contributed by atoms with Crippen LogP contribution in [0.5, 0.6) is 0 Å². The molecule has 0 radical (unpaired) electrons. The summed E-state index contributed by atoms with van der Waals surface area (Å²) < 4.78 is 1.18. The summed E-state index contributed by atoms with van der Waals surface area (Å²) in [6, 6.07) is 16.1. The van der Waals surface area contributed by atoms with E-state index < -0.39 is 0 Å². The molecule has 0 bridgehead atoms. The Labute approximate surface area is 167 Å². The second-order valence-electron chi connectivity index (χ2n) is 7.20. The van der Waals surface area contributed by atoms with Gasteiger partial charge in [0.05, 0.1) is 11.4 Å². The summed E-state index contributed by atoms with van der Waals surface area (Å²) in [5.41, 5.74) is 0.852. The number of benzene rings is 2. The number of rotatable bonds is 5.